The lowest BCUT2D eigenvalue weighted by molar-refractivity contribution is 0.0935. The topological polar surface area (TPSA) is 70.7 Å². The highest BCUT2D eigenvalue weighted by Crippen LogP contribution is 2.27. The number of hydrogen-bond acceptors (Lipinski definition) is 4. The van der Waals surface area contributed by atoms with Gasteiger partial charge in [-0.25, -0.2) is 9.97 Å². The third-order valence-electron chi connectivity index (χ3n) is 3.67. The standard InChI is InChI=1S/C15H20N4OS/c1-9(2)6-13-16-7-12(21-13)15(20)19-11-5-3-4-10-14(11)18-8-17-10/h7-9,11H,3-6H2,1-2H3,(H,17,18)(H,19,20). The summed E-state index contributed by atoms with van der Waals surface area (Å²) in [7, 11) is 0. The fraction of sp³-hybridized carbons (Fsp3) is 0.533. The molecule has 2 aromatic rings. The molecular formula is C15H20N4OS. The highest BCUT2D eigenvalue weighted by Gasteiger charge is 2.25. The monoisotopic (exact) mass is 304 g/mol. The van der Waals surface area contributed by atoms with E-state index in [1.54, 1.807) is 12.5 Å². The van der Waals surface area contributed by atoms with Crippen molar-refractivity contribution >= 4 is 17.2 Å². The first kappa shape index (κ1) is 14.3. The van der Waals surface area contributed by atoms with Crippen LogP contribution in [0.25, 0.3) is 0 Å². The lowest BCUT2D eigenvalue weighted by Gasteiger charge is -2.21. The Morgan fingerprint density at radius 2 is 2.38 bits per heavy atom. The summed E-state index contributed by atoms with van der Waals surface area (Å²) in [5.74, 6) is 0.514. The molecule has 3 rings (SSSR count). The molecule has 2 N–H and O–H groups in total. The Kier molecular flexibility index (Phi) is 4.05. The van der Waals surface area contributed by atoms with Crippen LogP contribution in [0.2, 0.25) is 0 Å². The van der Waals surface area contributed by atoms with Crippen molar-refractivity contribution in [3.63, 3.8) is 0 Å². The molecule has 1 aliphatic carbocycles. The van der Waals surface area contributed by atoms with Crippen LogP contribution in [0.1, 0.15) is 58.8 Å². The fourth-order valence-corrected chi connectivity index (χ4v) is 3.71. The van der Waals surface area contributed by atoms with E-state index in [9.17, 15) is 4.79 Å². The zero-order valence-corrected chi connectivity index (χ0v) is 13.2. The van der Waals surface area contributed by atoms with Crippen LogP contribution in [0.4, 0.5) is 0 Å². The van der Waals surface area contributed by atoms with Gasteiger partial charge in [0.1, 0.15) is 4.88 Å². The van der Waals surface area contributed by atoms with Crippen molar-refractivity contribution in [3.8, 4) is 0 Å². The molecule has 6 heteroatoms. The molecule has 1 amide bonds. The number of fused-ring (bicyclic) bond motifs is 1. The Labute approximate surface area is 128 Å². The highest BCUT2D eigenvalue weighted by molar-refractivity contribution is 7.13. The van der Waals surface area contributed by atoms with E-state index in [-0.39, 0.29) is 11.9 Å². The number of hydrogen-bond donors (Lipinski definition) is 2. The summed E-state index contributed by atoms with van der Waals surface area (Å²) < 4.78 is 0. The first-order valence-electron chi connectivity index (χ1n) is 7.41. The molecule has 5 nitrogen and oxygen atoms in total. The van der Waals surface area contributed by atoms with Crippen molar-refractivity contribution in [1.29, 1.82) is 0 Å². The van der Waals surface area contributed by atoms with Crippen molar-refractivity contribution in [3.05, 3.63) is 33.8 Å². The van der Waals surface area contributed by atoms with Crippen molar-refractivity contribution in [2.24, 2.45) is 5.92 Å². The third-order valence-corrected chi connectivity index (χ3v) is 4.69. The summed E-state index contributed by atoms with van der Waals surface area (Å²) >= 11 is 1.49. The average Bonchev–Trinajstić information content (AvgIpc) is 3.07. The summed E-state index contributed by atoms with van der Waals surface area (Å²) in [5, 5.41) is 4.12. The van der Waals surface area contributed by atoms with E-state index in [2.05, 4.69) is 34.1 Å². The molecule has 1 aliphatic rings. The van der Waals surface area contributed by atoms with Crippen LogP contribution < -0.4 is 5.32 Å². The van der Waals surface area contributed by atoms with Gasteiger partial charge in [-0.3, -0.25) is 4.79 Å². The number of aromatic amines is 1. The zero-order chi connectivity index (χ0) is 14.8. The molecule has 21 heavy (non-hydrogen) atoms. The predicted molar refractivity (Wildman–Crippen MR) is 82.4 cm³/mol. The average molecular weight is 304 g/mol. The number of nitrogens with zero attached hydrogens (tertiary/aromatic N) is 2. The van der Waals surface area contributed by atoms with Gasteiger partial charge in [0.2, 0.25) is 0 Å². The second-order valence-electron chi connectivity index (χ2n) is 5.90. The maximum Gasteiger partial charge on any atom is 0.263 e. The molecule has 0 spiro atoms. The van der Waals surface area contributed by atoms with Gasteiger partial charge in [-0.1, -0.05) is 13.8 Å². The minimum absolute atomic E-state index is 0.0168. The summed E-state index contributed by atoms with van der Waals surface area (Å²) in [6, 6.07) is 0.0168. The van der Waals surface area contributed by atoms with Crippen molar-refractivity contribution in [2.75, 3.05) is 0 Å². The number of thiazole rings is 1. The number of amides is 1. The molecule has 0 saturated heterocycles. The first-order valence-corrected chi connectivity index (χ1v) is 8.23. The second-order valence-corrected chi connectivity index (χ2v) is 7.02. The van der Waals surface area contributed by atoms with Crippen molar-refractivity contribution < 1.29 is 4.79 Å². The van der Waals surface area contributed by atoms with E-state index in [1.165, 1.54) is 11.3 Å². The highest BCUT2D eigenvalue weighted by atomic mass is 32.1. The van der Waals surface area contributed by atoms with Gasteiger partial charge >= 0.3 is 0 Å². The van der Waals surface area contributed by atoms with Crippen LogP contribution in [0, 0.1) is 5.92 Å². The number of imidazole rings is 1. The quantitative estimate of drug-likeness (QED) is 0.912. The van der Waals surface area contributed by atoms with Gasteiger partial charge in [-0.05, 0) is 25.2 Å². The number of aryl methyl sites for hydroxylation is 1. The SMILES string of the molecule is CC(C)Cc1ncc(C(=O)NC2CCCc3[nH]cnc32)s1. The van der Waals surface area contributed by atoms with Crippen LogP contribution in [0.15, 0.2) is 12.5 Å². The summed E-state index contributed by atoms with van der Waals surface area (Å²) in [5.41, 5.74) is 2.14. The molecule has 2 heterocycles. The van der Waals surface area contributed by atoms with Gasteiger partial charge in [-0.2, -0.15) is 0 Å². The van der Waals surface area contributed by atoms with Crippen molar-refractivity contribution in [1.82, 2.24) is 20.3 Å². The van der Waals surface area contributed by atoms with E-state index in [0.29, 0.717) is 10.8 Å². The van der Waals surface area contributed by atoms with E-state index in [1.807, 2.05) is 0 Å². The van der Waals surface area contributed by atoms with Crippen LogP contribution in [-0.4, -0.2) is 20.9 Å². The zero-order valence-electron chi connectivity index (χ0n) is 12.3. The summed E-state index contributed by atoms with van der Waals surface area (Å²) in [4.78, 5) is 24.9. The molecule has 112 valence electrons. The minimum atomic E-state index is -0.0386. The molecule has 0 fully saturated rings. The van der Waals surface area contributed by atoms with Crippen LogP contribution >= 0.6 is 11.3 Å². The van der Waals surface area contributed by atoms with E-state index in [0.717, 1.165) is 42.1 Å². The Bertz CT molecular complexity index is 631. The molecule has 0 aliphatic heterocycles. The summed E-state index contributed by atoms with van der Waals surface area (Å²) in [6.07, 6.45) is 7.35. The van der Waals surface area contributed by atoms with E-state index in [4.69, 9.17) is 0 Å². The van der Waals surface area contributed by atoms with Crippen LogP contribution in [0.3, 0.4) is 0 Å². The number of rotatable bonds is 4. The Balaban J connectivity index is 1.69. The largest absolute Gasteiger partial charge is 0.348 e. The maximum atomic E-state index is 12.4. The number of nitrogens with one attached hydrogen (secondary N) is 2. The van der Waals surface area contributed by atoms with Crippen LogP contribution in [-0.2, 0) is 12.8 Å². The fourth-order valence-electron chi connectivity index (χ4n) is 2.68. The van der Waals surface area contributed by atoms with Crippen molar-refractivity contribution in [2.45, 2.75) is 45.6 Å². The minimum Gasteiger partial charge on any atom is -0.348 e. The molecule has 0 aromatic carbocycles. The molecule has 0 saturated carbocycles. The summed E-state index contributed by atoms with van der Waals surface area (Å²) in [6.45, 7) is 4.31. The van der Waals surface area contributed by atoms with Gasteiger partial charge in [-0.15, -0.1) is 11.3 Å². The Hall–Kier alpha value is -1.69. The number of carbonyl (C=O) groups is 1. The molecule has 0 bridgehead atoms. The number of aromatic nitrogens is 3. The maximum absolute atomic E-state index is 12.4. The van der Waals surface area contributed by atoms with Gasteiger partial charge in [0, 0.05) is 12.1 Å². The number of H-pyrrole nitrogens is 1. The lowest BCUT2D eigenvalue weighted by Crippen LogP contribution is -2.30. The molecule has 1 atom stereocenters. The Morgan fingerprint density at radius 3 is 3.19 bits per heavy atom. The van der Waals surface area contributed by atoms with Gasteiger partial charge in [0.15, 0.2) is 0 Å². The Morgan fingerprint density at radius 1 is 1.52 bits per heavy atom. The normalized spacial score (nSPS) is 17.8. The lowest BCUT2D eigenvalue weighted by atomic mass is 9.96. The van der Waals surface area contributed by atoms with E-state index >= 15 is 0 Å². The molecule has 1 unspecified atom stereocenters. The molecule has 0 radical (unpaired) electrons. The predicted octanol–water partition coefficient (Wildman–Crippen LogP) is 2.87. The smallest absolute Gasteiger partial charge is 0.263 e. The van der Waals surface area contributed by atoms with Gasteiger partial charge < -0.3 is 10.3 Å². The van der Waals surface area contributed by atoms with Gasteiger partial charge in [0.05, 0.1) is 29.3 Å². The molecular weight excluding hydrogens is 284 g/mol. The third kappa shape index (κ3) is 3.15. The first-order chi connectivity index (χ1) is 10.1. The van der Waals surface area contributed by atoms with E-state index < -0.39 is 0 Å². The van der Waals surface area contributed by atoms with Crippen LogP contribution in [0.5, 0.6) is 0 Å². The van der Waals surface area contributed by atoms with Gasteiger partial charge in [0.25, 0.3) is 5.91 Å². The number of carbonyl (C=O) groups excluding carboxylic acids is 1. The second kappa shape index (κ2) is 5.97. The molecule has 2 aromatic heterocycles.